The first-order chi connectivity index (χ1) is 11.0. The normalized spacial score (nSPS) is 13.1. The van der Waals surface area contributed by atoms with E-state index in [9.17, 15) is 10.0 Å². The molecule has 0 unspecified atom stereocenters. The molecule has 1 aromatic rings. The summed E-state index contributed by atoms with van der Waals surface area (Å²) in [6.07, 6.45) is 2.63. The van der Waals surface area contributed by atoms with Gasteiger partial charge in [0.05, 0.1) is 12.7 Å². The molecule has 7 nitrogen and oxygen atoms in total. The van der Waals surface area contributed by atoms with Crippen molar-refractivity contribution in [3.63, 3.8) is 0 Å². The van der Waals surface area contributed by atoms with E-state index in [-0.39, 0.29) is 12.7 Å². The fourth-order valence-corrected chi connectivity index (χ4v) is 2.50. The molecule has 23 heavy (non-hydrogen) atoms. The van der Waals surface area contributed by atoms with Gasteiger partial charge < -0.3 is 19.1 Å². The second kappa shape index (κ2) is 7.21. The Balaban J connectivity index is 2.37. The average Bonchev–Trinajstić information content (AvgIpc) is 2.99. The number of benzene rings is 1. The number of hydroxylamine groups is 1. The summed E-state index contributed by atoms with van der Waals surface area (Å²) in [5.74, 6) is 1.74. The van der Waals surface area contributed by atoms with E-state index in [0.717, 1.165) is 10.3 Å². The molecule has 2 rings (SSSR count). The SMILES string of the molecule is CCC(=O)N(C)CCc1cc2c(c(OC)c1/C=[N+](\C)O)OCO2. The largest absolute Gasteiger partial charge is 0.492 e. The van der Waals surface area contributed by atoms with Gasteiger partial charge in [-0.3, -0.25) is 10.0 Å². The molecule has 0 spiro atoms. The Hall–Kier alpha value is -2.44. The van der Waals surface area contributed by atoms with Gasteiger partial charge in [0.1, 0.15) is 0 Å². The van der Waals surface area contributed by atoms with Crippen LogP contribution in [0.15, 0.2) is 6.07 Å². The van der Waals surface area contributed by atoms with Crippen LogP contribution < -0.4 is 14.2 Å². The summed E-state index contributed by atoms with van der Waals surface area (Å²) in [5, 5.41) is 9.59. The Morgan fingerprint density at radius 2 is 2.26 bits per heavy atom. The molecule has 0 aromatic heterocycles. The van der Waals surface area contributed by atoms with Crippen LogP contribution in [0, 0.1) is 0 Å². The second-order valence-electron chi connectivity index (χ2n) is 5.34. The van der Waals surface area contributed by atoms with E-state index in [1.165, 1.54) is 7.05 Å². The fraction of sp³-hybridized carbons (Fsp3) is 0.500. The van der Waals surface area contributed by atoms with Crippen molar-refractivity contribution in [2.75, 3.05) is 34.5 Å². The molecule has 1 amide bonds. The lowest BCUT2D eigenvalue weighted by molar-refractivity contribution is -0.751. The standard InChI is InChI=1S/C16H23N2O5/c1-5-14(19)17(2)7-6-11-8-13-16(23-10-22-13)15(21-4)12(11)9-18(3)20/h8-9,20H,5-7,10H2,1-4H3/q+1/b18-9+. The maximum atomic E-state index is 11.7. The van der Waals surface area contributed by atoms with Gasteiger partial charge in [-0.25, -0.2) is 0 Å². The molecule has 1 N–H and O–H groups in total. The van der Waals surface area contributed by atoms with Gasteiger partial charge >= 0.3 is 0 Å². The van der Waals surface area contributed by atoms with E-state index in [2.05, 4.69) is 0 Å². The lowest BCUT2D eigenvalue weighted by atomic mass is 10.0. The van der Waals surface area contributed by atoms with Gasteiger partial charge in [0.2, 0.25) is 24.7 Å². The zero-order valence-corrected chi connectivity index (χ0v) is 14.0. The maximum absolute atomic E-state index is 11.7. The molecule has 1 aromatic carbocycles. The highest BCUT2D eigenvalue weighted by atomic mass is 16.7. The summed E-state index contributed by atoms with van der Waals surface area (Å²) in [5.41, 5.74) is 1.61. The van der Waals surface area contributed by atoms with E-state index in [1.54, 1.807) is 25.3 Å². The van der Waals surface area contributed by atoms with Crippen molar-refractivity contribution < 1.29 is 29.0 Å². The van der Waals surface area contributed by atoms with Crippen molar-refractivity contribution in [1.82, 2.24) is 4.90 Å². The van der Waals surface area contributed by atoms with Gasteiger partial charge in [-0.1, -0.05) is 6.92 Å². The number of hydrogen-bond donors (Lipinski definition) is 1. The minimum absolute atomic E-state index is 0.0857. The topological polar surface area (TPSA) is 71.2 Å². The van der Waals surface area contributed by atoms with Crippen LogP contribution in [0.1, 0.15) is 24.5 Å². The predicted molar refractivity (Wildman–Crippen MR) is 83.9 cm³/mol. The molecular formula is C16H23N2O5+. The Morgan fingerprint density at radius 1 is 1.52 bits per heavy atom. The van der Waals surface area contributed by atoms with Gasteiger partial charge in [-0.05, 0) is 22.8 Å². The van der Waals surface area contributed by atoms with E-state index in [4.69, 9.17) is 14.2 Å². The van der Waals surface area contributed by atoms with Crippen LogP contribution in [-0.4, -0.2) is 61.5 Å². The lowest BCUT2D eigenvalue weighted by Crippen LogP contribution is -2.28. The third-order valence-corrected chi connectivity index (χ3v) is 3.71. The van der Waals surface area contributed by atoms with Crippen molar-refractivity contribution in [2.45, 2.75) is 19.8 Å². The molecular weight excluding hydrogens is 300 g/mol. The molecule has 0 fully saturated rings. The van der Waals surface area contributed by atoms with Crippen LogP contribution >= 0.6 is 0 Å². The van der Waals surface area contributed by atoms with Crippen LogP contribution in [0.4, 0.5) is 0 Å². The number of carbonyl (C=O) groups excluding carboxylic acids is 1. The maximum Gasteiger partial charge on any atom is 0.231 e. The Morgan fingerprint density at radius 3 is 2.87 bits per heavy atom. The van der Waals surface area contributed by atoms with Gasteiger partial charge in [0.25, 0.3) is 0 Å². The van der Waals surface area contributed by atoms with Crippen molar-refractivity contribution in [3.05, 3.63) is 17.2 Å². The number of ether oxygens (including phenoxy) is 3. The highest BCUT2D eigenvalue weighted by Gasteiger charge is 2.26. The molecule has 0 saturated heterocycles. The summed E-state index contributed by atoms with van der Waals surface area (Å²) >= 11 is 0. The highest BCUT2D eigenvalue weighted by Crippen LogP contribution is 2.44. The van der Waals surface area contributed by atoms with Crippen molar-refractivity contribution >= 4 is 12.1 Å². The minimum atomic E-state index is 0.0857. The van der Waals surface area contributed by atoms with Crippen LogP contribution in [0.2, 0.25) is 0 Å². The molecule has 1 heterocycles. The van der Waals surface area contributed by atoms with Gasteiger partial charge in [-0.15, -0.1) is 0 Å². The monoisotopic (exact) mass is 323 g/mol. The fourth-order valence-electron chi connectivity index (χ4n) is 2.50. The summed E-state index contributed by atoms with van der Waals surface area (Å²) in [6.45, 7) is 2.53. The quantitative estimate of drug-likeness (QED) is 0.370. The molecule has 0 atom stereocenters. The Labute approximate surface area is 135 Å². The smallest absolute Gasteiger partial charge is 0.231 e. The van der Waals surface area contributed by atoms with Crippen molar-refractivity contribution in [3.8, 4) is 17.2 Å². The third-order valence-electron chi connectivity index (χ3n) is 3.71. The van der Waals surface area contributed by atoms with Gasteiger partial charge in [0.15, 0.2) is 18.5 Å². The number of hydrogen-bond acceptors (Lipinski definition) is 5. The van der Waals surface area contributed by atoms with Crippen LogP contribution in [0.25, 0.3) is 0 Å². The number of methoxy groups -OCH3 is 1. The zero-order valence-electron chi connectivity index (χ0n) is 14.0. The first-order valence-electron chi connectivity index (χ1n) is 7.47. The van der Waals surface area contributed by atoms with E-state index < -0.39 is 0 Å². The summed E-state index contributed by atoms with van der Waals surface area (Å²) < 4.78 is 17.3. The number of amides is 1. The lowest BCUT2D eigenvalue weighted by Gasteiger charge is -2.18. The Bertz CT molecular complexity index is 623. The third kappa shape index (κ3) is 3.67. The first kappa shape index (κ1) is 16.9. The molecule has 0 bridgehead atoms. The summed E-state index contributed by atoms with van der Waals surface area (Å²) in [7, 11) is 4.83. The summed E-state index contributed by atoms with van der Waals surface area (Å²) in [6, 6.07) is 1.87. The van der Waals surface area contributed by atoms with Crippen LogP contribution in [0.5, 0.6) is 17.2 Å². The van der Waals surface area contributed by atoms with Gasteiger partial charge in [-0.2, -0.15) is 0 Å². The minimum Gasteiger partial charge on any atom is -0.492 e. The summed E-state index contributed by atoms with van der Waals surface area (Å²) in [4.78, 5) is 13.4. The first-order valence-corrected chi connectivity index (χ1v) is 7.47. The zero-order chi connectivity index (χ0) is 17.0. The van der Waals surface area contributed by atoms with Crippen LogP contribution in [-0.2, 0) is 11.2 Å². The highest BCUT2D eigenvalue weighted by molar-refractivity contribution is 5.86. The molecule has 1 aliphatic rings. The number of nitrogens with zero attached hydrogens (tertiary/aromatic N) is 2. The molecule has 0 aliphatic carbocycles. The van der Waals surface area contributed by atoms with E-state index >= 15 is 0 Å². The Kier molecular flexibility index (Phi) is 5.31. The molecule has 126 valence electrons. The van der Waals surface area contributed by atoms with Crippen LogP contribution in [0.3, 0.4) is 0 Å². The molecule has 7 heteroatoms. The molecule has 0 radical (unpaired) electrons. The number of fused-ring (bicyclic) bond motifs is 1. The second-order valence-corrected chi connectivity index (χ2v) is 5.34. The van der Waals surface area contributed by atoms with Crippen molar-refractivity contribution in [1.29, 1.82) is 0 Å². The number of carbonyl (C=O) groups is 1. The van der Waals surface area contributed by atoms with Crippen molar-refractivity contribution in [2.24, 2.45) is 0 Å². The molecule has 0 saturated carbocycles. The number of rotatable bonds is 6. The average molecular weight is 323 g/mol. The van der Waals surface area contributed by atoms with E-state index in [1.807, 2.05) is 13.0 Å². The van der Waals surface area contributed by atoms with E-state index in [0.29, 0.717) is 42.2 Å². The molecule has 1 aliphatic heterocycles. The predicted octanol–water partition coefficient (Wildman–Crippen LogP) is 1.29. The number of likely N-dealkylation sites (N-methyl/N-ethyl adjacent to an activating group) is 1. The van der Waals surface area contributed by atoms with Gasteiger partial charge in [0, 0.05) is 20.0 Å².